The number of para-hydroxylation sites is 2. The van der Waals surface area contributed by atoms with Crippen molar-refractivity contribution >= 4 is 27.5 Å². The smallest absolute Gasteiger partial charge is 0.247 e. The van der Waals surface area contributed by atoms with E-state index < -0.39 is 5.54 Å². The molecule has 0 atom stereocenters. The highest BCUT2D eigenvalue weighted by atomic mass is 79.9. The van der Waals surface area contributed by atoms with Gasteiger partial charge in [0, 0.05) is 25.3 Å². The third-order valence-corrected chi connectivity index (χ3v) is 7.11. The van der Waals surface area contributed by atoms with Crippen molar-refractivity contribution in [3.63, 3.8) is 0 Å². The molecule has 5 nitrogen and oxygen atoms in total. The minimum Gasteiger partial charge on any atom is -0.456 e. The molecule has 3 aromatic carbocycles. The summed E-state index contributed by atoms with van der Waals surface area (Å²) in [7, 11) is 0. The molecule has 0 radical (unpaired) electrons. The Morgan fingerprint density at radius 2 is 1.69 bits per heavy atom. The first kappa shape index (κ1) is 21.0. The van der Waals surface area contributed by atoms with Gasteiger partial charge in [-0.1, -0.05) is 42.5 Å². The van der Waals surface area contributed by atoms with Crippen LogP contribution in [0.2, 0.25) is 0 Å². The van der Waals surface area contributed by atoms with Crippen molar-refractivity contribution < 1.29 is 9.53 Å². The van der Waals surface area contributed by atoms with Gasteiger partial charge in [-0.2, -0.15) is 0 Å². The number of amides is 1. The number of hydrogen-bond acceptors (Lipinski definition) is 4. The molecule has 2 aliphatic heterocycles. The van der Waals surface area contributed by atoms with Crippen LogP contribution in [0.3, 0.4) is 0 Å². The number of benzene rings is 3. The van der Waals surface area contributed by atoms with E-state index in [1.165, 1.54) is 5.56 Å². The lowest BCUT2D eigenvalue weighted by atomic mass is 9.85. The number of anilines is 1. The Bertz CT molecular complexity index is 1100. The van der Waals surface area contributed by atoms with Gasteiger partial charge in [0.25, 0.3) is 0 Å². The quantitative estimate of drug-likeness (QED) is 0.534. The van der Waals surface area contributed by atoms with Crippen LogP contribution in [0.4, 0.5) is 5.69 Å². The van der Waals surface area contributed by atoms with Crippen molar-refractivity contribution in [1.82, 2.24) is 10.2 Å². The van der Waals surface area contributed by atoms with Gasteiger partial charge >= 0.3 is 0 Å². The van der Waals surface area contributed by atoms with Crippen LogP contribution >= 0.6 is 15.9 Å². The van der Waals surface area contributed by atoms with Crippen LogP contribution in [-0.2, 0) is 11.3 Å². The zero-order valence-corrected chi connectivity index (χ0v) is 19.4. The number of nitrogens with zero attached hydrogens (tertiary/aromatic N) is 2. The van der Waals surface area contributed by atoms with Crippen molar-refractivity contribution in [2.75, 3.05) is 24.7 Å². The Kier molecular flexibility index (Phi) is 5.89. The molecule has 0 unspecified atom stereocenters. The average Bonchev–Trinajstić information content (AvgIpc) is 3.13. The lowest BCUT2D eigenvalue weighted by molar-refractivity contribution is -0.125. The summed E-state index contributed by atoms with van der Waals surface area (Å²) in [6.45, 7) is 3.19. The summed E-state index contributed by atoms with van der Waals surface area (Å²) in [5.74, 6) is 1.79. The van der Waals surface area contributed by atoms with Gasteiger partial charge in [0.15, 0.2) is 0 Å². The average molecular weight is 492 g/mol. The number of nitrogens with one attached hydrogen (secondary N) is 1. The summed E-state index contributed by atoms with van der Waals surface area (Å²) in [6.07, 6.45) is 1.64. The first-order chi connectivity index (χ1) is 15.6. The van der Waals surface area contributed by atoms with Crippen LogP contribution in [0, 0.1) is 0 Å². The molecule has 1 spiro atoms. The van der Waals surface area contributed by atoms with Crippen molar-refractivity contribution in [1.29, 1.82) is 0 Å². The summed E-state index contributed by atoms with van der Waals surface area (Å²) in [5, 5.41) is 3.08. The lowest BCUT2D eigenvalue weighted by Gasteiger charge is -2.43. The van der Waals surface area contributed by atoms with Gasteiger partial charge in [-0.15, -0.1) is 0 Å². The number of carbonyl (C=O) groups excluding carboxylic acids is 1. The van der Waals surface area contributed by atoms with E-state index in [0.717, 1.165) is 54.1 Å². The Hall–Kier alpha value is -2.83. The van der Waals surface area contributed by atoms with Crippen LogP contribution in [0.15, 0.2) is 83.3 Å². The molecule has 6 heteroatoms. The van der Waals surface area contributed by atoms with Crippen LogP contribution in [0.1, 0.15) is 18.4 Å². The van der Waals surface area contributed by atoms with Crippen LogP contribution in [0.25, 0.3) is 0 Å². The molecule has 164 valence electrons. The minimum absolute atomic E-state index is 0.157. The number of rotatable bonds is 5. The van der Waals surface area contributed by atoms with E-state index >= 15 is 0 Å². The van der Waals surface area contributed by atoms with E-state index in [-0.39, 0.29) is 5.91 Å². The zero-order chi connectivity index (χ0) is 22.0. The molecule has 5 rings (SSSR count). The van der Waals surface area contributed by atoms with Crippen LogP contribution in [-0.4, -0.2) is 36.1 Å². The number of hydrogen-bond donors (Lipinski definition) is 1. The predicted octanol–water partition coefficient (Wildman–Crippen LogP) is 5.17. The van der Waals surface area contributed by atoms with E-state index in [4.69, 9.17) is 4.74 Å². The molecule has 0 bridgehead atoms. The van der Waals surface area contributed by atoms with Gasteiger partial charge in [0.2, 0.25) is 5.91 Å². The molecule has 0 aromatic heterocycles. The van der Waals surface area contributed by atoms with E-state index in [9.17, 15) is 4.79 Å². The monoisotopic (exact) mass is 491 g/mol. The van der Waals surface area contributed by atoms with Crippen molar-refractivity contribution in [2.24, 2.45) is 0 Å². The predicted molar refractivity (Wildman–Crippen MR) is 130 cm³/mol. The molecule has 1 amide bonds. The molecule has 2 aliphatic rings. The molecular formula is C26H26BrN3O2. The third kappa shape index (κ3) is 4.12. The standard InChI is InChI=1S/C26H26BrN3O2/c27-23-11-4-5-12-24(23)32-22-10-6-7-20(17-22)18-29-15-13-26(14-16-29)25(31)28-19-30(26)21-8-2-1-3-9-21/h1-12,17H,13-16,18-19H2,(H,28,31). The van der Waals surface area contributed by atoms with Crippen molar-refractivity contribution in [3.05, 3.63) is 88.9 Å². The maximum Gasteiger partial charge on any atom is 0.247 e. The lowest BCUT2D eigenvalue weighted by Crippen LogP contribution is -2.56. The first-order valence-corrected chi connectivity index (χ1v) is 11.8. The van der Waals surface area contributed by atoms with Gasteiger partial charge in [-0.05, 0) is 70.7 Å². The second kappa shape index (κ2) is 8.96. The molecule has 32 heavy (non-hydrogen) atoms. The van der Waals surface area contributed by atoms with Crippen LogP contribution in [0.5, 0.6) is 11.5 Å². The largest absolute Gasteiger partial charge is 0.456 e. The second-order valence-corrected chi connectivity index (χ2v) is 9.27. The van der Waals surface area contributed by atoms with Gasteiger partial charge in [0.05, 0.1) is 11.1 Å². The zero-order valence-electron chi connectivity index (χ0n) is 17.8. The first-order valence-electron chi connectivity index (χ1n) is 11.0. The Morgan fingerprint density at radius 3 is 2.47 bits per heavy atom. The Balaban J connectivity index is 1.25. The molecular weight excluding hydrogens is 466 g/mol. The molecule has 3 aromatic rings. The maximum absolute atomic E-state index is 12.9. The Morgan fingerprint density at radius 1 is 0.938 bits per heavy atom. The molecule has 2 heterocycles. The Labute approximate surface area is 197 Å². The number of likely N-dealkylation sites (tertiary alicyclic amines) is 1. The second-order valence-electron chi connectivity index (χ2n) is 8.42. The van der Waals surface area contributed by atoms with Gasteiger partial charge in [0.1, 0.15) is 17.0 Å². The summed E-state index contributed by atoms with van der Waals surface area (Å²) in [6, 6.07) is 26.4. The topological polar surface area (TPSA) is 44.8 Å². The number of piperidine rings is 1. The maximum atomic E-state index is 12.9. The molecule has 2 fully saturated rings. The van der Waals surface area contributed by atoms with Gasteiger partial charge in [-0.3, -0.25) is 9.69 Å². The van der Waals surface area contributed by atoms with Crippen molar-refractivity contribution in [2.45, 2.75) is 24.9 Å². The molecule has 1 N–H and O–H groups in total. The minimum atomic E-state index is -0.442. The van der Waals surface area contributed by atoms with E-state index in [1.807, 2.05) is 54.6 Å². The highest BCUT2D eigenvalue weighted by molar-refractivity contribution is 9.10. The highest BCUT2D eigenvalue weighted by Crippen LogP contribution is 2.36. The van der Waals surface area contributed by atoms with E-state index in [0.29, 0.717) is 6.67 Å². The number of carbonyl (C=O) groups is 1. The van der Waals surface area contributed by atoms with E-state index in [1.54, 1.807) is 0 Å². The molecule has 2 saturated heterocycles. The fourth-order valence-corrected chi connectivity index (χ4v) is 5.10. The fraction of sp³-hybridized carbons (Fsp3) is 0.269. The summed E-state index contributed by atoms with van der Waals surface area (Å²) >= 11 is 3.54. The summed E-state index contributed by atoms with van der Waals surface area (Å²) < 4.78 is 7.00. The number of ether oxygens (including phenoxy) is 1. The SMILES string of the molecule is O=C1NCN(c2ccccc2)C12CCN(Cc1cccc(Oc3ccccc3Br)c1)CC2. The van der Waals surface area contributed by atoms with Crippen molar-refractivity contribution in [3.8, 4) is 11.5 Å². The molecule has 0 saturated carbocycles. The summed E-state index contributed by atoms with van der Waals surface area (Å²) in [5.41, 5.74) is 1.88. The van der Waals surface area contributed by atoms with Crippen LogP contribution < -0.4 is 15.0 Å². The fourth-order valence-electron chi connectivity index (χ4n) is 4.73. The third-order valence-electron chi connectivity index (χ3n) is 6.46. The van der Waals surface area contributed by atoms with Gasteiger partial charge in [-0.25, -0.2) is 0 Å². The highest BCUT2D eigenvalue weighted by Gasteiger charge is 2.50. The summed E-state index contributed by atoms with van der Waals surface area (Å²) in [4.78, 5) is 17.5. The molecule has 0 aliphatic carbocycles. The van der Waals surface area contributed by atoms with Gasteiger partial charge < -0.3 is 15.0 Å². The van der Waals surface area contributed by atoms with E-state index in [2.05, 4.69) is 55.3 Å². The normalized spacial score (nSPS) is 18.0. The number of halogens is 1.